The summed E-state index contributed by atoms with van der Waals surface area (Å²) in [5.74, 6) is 0. The van der Waals surface area contributed by atoms with Crippen LogP contribution in [-0.4, -0.2) is 14.8 Å². The maximum atomic E-state index is 11.3. The van der Waals surface area contributed by atoms with E-state index in [1.54, 1.807) is 0 Å². The molecule has 0 saturated heterocycles. The van der Waals surface area contributed by atoms with Crippen molar-refractivity contribution in [2.24, 2.45) is 0 Å². The highest BCUT2D eigenvalue weighted by molar-refractivity contribution is 7.87. The average molecular weight is 285 g/mol. The molecule has 0 aliphatic rings. The highest BCUT2D eigenvalue weighted by Crippen LogP contribution is 2.25. The molecule has 0 bridgehead atoms. The third kappa shape index (κ3) is 4.21. The molecule has 0 N–H and O–H groups in total. The lowest BCUT2D eigenvalue weighted by Gasteiger charge is -2.28. The van der Waals surface area contributed by atoms with E-state index in [1.807, 2.05) is 0 Å². The van der Waals surface area contributed by atoms with Gasteiger partial charge in [-0.15, -0.1) is 0 Å². The second-order valence-corrected chi connectivity index (χ2v) is 6.30. The lowest BCUT2D eigenvalue weighted by Crippen LogP contribution is -2.20. The standard InChI is InChI=1S/C7H8ClO6PS/c8-6-1-3-7(4-2-6)16(12,13)14-5-15(9,10)11/h1-4H,5H2,(H2,9,10,11)/p-2. The SMILES string of the molecule is O=P([O-])([O-])COS(=O)(=O)c1ccc(Cl)cc1. The normalized spacial score (nSPS) is 12.7. The lowest BCUT2D eigenvalue weighted by atomic mass is 10.4. The van der Waals surface area contributed by atoms with Crippen molar-refractivity contribution in [1.82, 2.24) is 0 Å². The Balaban J connectivity index is 2.87. The third-order valence-electron chi connectivity index (χ3n) is 1.47. The molecule has 1 rings (SSSR count). The highest BCUT2D eigenvalue weighted by Gasteiger charge is 2.15. The Morgan fingerprint density at radius 2 is 1.75 bits per heavy atom. The fourth-order valence-electron chi connectivity index (χ4n) is 0.803. The summed E-state index contributed by atoms with van der Waals surface area (Å²) in [6, 6.07) is 4.87. The van der Waals surface area contributed by atoms with E-state index in [1.165, 1.54) is 12.1 Å². The topological polar surface area (TPSA) is 107 Å². The molecule has 1 aromatic carbocycles. The Bertz CT molecular complexity index is 504. The summed E-state index contributed by atoms with van der Waals surface area (Å²) < 4.78 is 36.9. The molecule has 0 unspecified atom stereocenters. The van der Waals surface area contributed by atoms with Gasteiger partial charge in [-0.25, -0.2) is 0 Å². The Hall–Kier alpha value is -0.430. The smallest absolute Gasteiger partial charge is 0.297 e. The van der Waals surface area contributed by atoms with Gasteiger partial charge in [0.1, 0.15) is 0 Å². The van der Waals surface area contributed by atoms with Crippen LogP contribution in [0.1, 0.15) is 0 Å². The maximum absolute atomic E-state index is 11.3. The van der Waals surface area contributed by atoms with Crippen molar-refractivity contribution in [1.29, 1.82) is 0 Å². The van der Waals surface area contributed by atoms with E-state index in [2.05, 4.69) is 4.18 Å². The van der Waals surface area contributed by atoms with Crippen LogP contribution in [0, 0.1) is 0 Å². The van der Waals surface area contributed by atoms with Crippen molar-refractivity contribution in [2.75, 3.05) is 6.35 Å². The molecule has 0 aromatic heterocycles. The van der Waals surface area contributed by atoms with Crippen molar-refractivity contribution < 1.29 is 27.0 Å². The third-order valence-corrected chi connectivity index (χ3v) is 3.62. The van der Waals surface area contributed by atoms with Gasteiger partial charge in [0.25, 0.3) is 10.1 Å². The second kappa shape index (κ2) is 4.83. The first-order valence-electron chi connectivity index (χ1n) is 3.87. The van der Waals surface area contributed by atoms with E-state index in [4.69, 9.17) is 11.6 Å². The molecule has 16 heavy (non-hydrogen) atoms. The summed E-state index contributed by atoms with van der Waals surface area (Å²) in [7, 11) is -9.26. The molecule has 0 atom stereocenters. The minimum atomic E-state index is -5.02. The van der Waals surface area contributed by atoms with Gasteiger partial charge in [0.2, 0.25) is 0 Å². The summed E-state index contributed by atoms with van der Waals surface area (Å²) in [6.45, 7) is 0. The number of rotatable bonds is 4. The lowest BCUT2D eigenvalue weighted by molar-refractivity contribution is -0.316. The highest BCUT2D eigenvalue weighted by atomic mass is 35.5. The van der Waals surface area contributed by atoms with E-state index >= 15 is 0 Å². The maximum Gasteiger partial charge on any atom is 0.297 e. The van der Waals surface area contributed by atoms with Gasteiger partial charge in [-0.3, -0.25) is 4.18 Å². The first-order chi connectivity index (χ1) is 7.21. The van der Waals surface area contributed by atoms with Crippen LogP contribution in [0.5, 0.6) is 0 Å². The predicted octanol–water partition coefficient (Wildman–Crippen LogP) is -0.0835. The summed E-state index contributed by atoms with van der Waals surface area (Å²) in [6.07, 6.45) is -1.40. The molecule has 6 nitrogen and oxygen atoms in total. The fourth-order valence-corrected chi connectivity index (χ4v) is 2.61. The van der Waals surface area contributed by atoms with E-state index in [0.717, 1.165) is 12.1 Å². The van der Waals surface area contributed by atoms with Gasteiger partial charge in [-0.05, 0) is 31.9 Å². The second-order valence-electron chi connectivity index (χ2n) is 2.77. The number of hydrogen-bond acceptors (Lipinski definition) is 6. The van der Waals surface area contributed by atoms with Gasteiger partial charge in [0, 0.05) is 5.02 Å². The largest absolute Gasteiger partial charge is 0.809 e. The number of hydrogen-bond donors (Lipinski definition) is 0. The van der Waals surface area contributed by atoms with Crippen molar-refractivity contribution >= 4 is 29.3 Å². The van der Waals surface area contributed by atoms with Crippen molar-refractivity contribution in [3.05, 3.63) is 29.3 Å². The quantitative estimate of drug-likeness (QED) is 0.565. The van der Waals surface area contributed by atoms with E-state index in [-0.39, 0.29) is 4.90 Å². The zero-order valence-electron chi connectivity index (χ0n) is 7.70. The fraction of sp³-hybridized carbons (Fsp3) is 0.143. The Morgan fingerprint density at radius 1 is 1.25 bits per heavy atom. The summed E-state index contributed by atoms with van der Waals surface area (Å²) >= 11 is 5.53. The van der Waals surface area contributed by atoms with E-state index < -0.39 is 24.1 Å². The molecule has 0 aliphatic heterocycles. The van der Waals surface area contributed by atoms with Crippen LogP contribution < -0.4 is 9.79 Å². The van der Waals surface area contributed by atoms with Gasteiger partial charge in [0.15, 0.2) is 0 Å². The molecular weight excluding hydrogens is 279 g/mol. The summed E-state index contributed by atoms with van der Waals surface area (Å²) in [5, 5.41) is 0.317. The Morgan fingerprint density at radius 3 is 2.19 bits per heavy atom. The van der Waals surface area contributed by atoms with Gasteiger partial charge in [-0.1, -0.05) is 11.6 Å². The van der Waals surface area contributed by atoms with Crippen molar-refractivity contribution in [3.8, 4) is 0 Å². The molecule has 0 heterocycles. The molecule has 9 heteroatoms. The summed E-state index contributed by atoms with van der Waals surface area (Å²) in [5.41, 5.74) is 0. The molecule has 1 aromatic rings. The molecular formula is C7H6ClO6PS-2. The van der Waals surface area contributed by atoms with E-state index in [0.29, 0.717) is 5.02 Å². The summed E-state index contributed by atoms with van der Waals surface area (Å²) in [4.78, 5) is 20.2. The Kier molecular flexibility index (Phi) is 4.12. The van der Waals surface area contributed by atoms with Crippen LogP contribution in [-0.2, 0) is 18.9 Å². The van der Waals surface area contributed by atoms with Crippen LogP contribution in [0.25, 0.3) is 0 Å². The van der Waals surface area contributed by atoms with Crippen LogP contribution in [0.15, 0.2) is 29.2 Å². The van der Waals surface area contributed by atoms with Crippen molar-refractivity contribution in [2.45, 2.75) is 4.90 Å². The Labute approximate surface area is 97.1 Å². The molecule has 0 spiro atoms. The first kappa shape index (κ1) is 13.6. The molecule has 0 saturated carbocycles. The molecule has 0 amide bonds. The van der Waals surface area contributed by atoms with Gasteiger partial charge >= 0.3 is 0 Å². The number of benzene rings is 1. The van der Waals surface area contributed by atoms with Gasteiger partial charge in [-0.2, -0.15) is 8.42 Å². The predicted molar refractivity (Wildman–Crippen MR) is 52.2 cm³/mol. The monoisotopic (exact) mass is 284 g/mol. The minimum Gasteiger partial charge on any atom is -0.809 e. The number of halogens is 1. The van der Waals surface area contributed by atoms with Crippen LogP contribution >= 0.6 is 19.2 Å². The molecule has 90 valence electrons. The van der Waals surface area contributed by atoms with E-state index in [9.17, 15) is 22.8 Å². The van der Waals surface area contributed by atoms with Gasteiger partial charge in [0.05, 0.1) is 11.2 Å². The zero-order valence-corrected chi connectivity index (χ0v) is 10.2. The van der Waals surface area contributed by atoms with Crippen molar-refractivity contribution in [3.63, 3.8) is 0 Å². The first-order valence-corrected chi connectivity index (χ1v) is 7.38. The van der Waals surface area contributed by atoms with Gasteiger partial charge < -0.3 is 14.4 Å². The molecule has 0 aliphatic carbocycles. The average Bonchev–Trinajstić information content (AvgIpc) is 2.15. The molecule has 0 radical (unpaired) electrons. The van der Waals surface area contributed by atoms with Crippen LogP contribution in [0.4, 0.5) is 0 Å². The van der Waals surface area contributed by atoms with Crippen LogP contribution in [0.3, 0.4) is 0 Å². The molecule has 0 fully saturated rings. The van der Waals surface area contributed by atoms with Crippen LogP contribution in [0.2, 0.25) is 5.02 Å². The minimum absolute atomic E-state index is 0.273. The zero-order chi connectivity index (χ0) is 12.4.